The summed E-state index contributed by atoms with van der Waals surface area (Å²) >= 11 is 6.44. The van der Waals surface area contributed by atoms with Gasteiger partial charge in [0, 0.05) is 0 Å². The number of benzene rings is 2. The van der Waals surface area contributed by atoms with E-state index in [4.69, 9.17) is 16.3 Å². The van der Waals surface area contributed by atoms with Gasteiger partial charge in [0.2, 0.25) is 0 Å². The molecular weight excluding hydrogens is 437 g/mol. The molecule has 1 N–H and O–H groups in total. The third kappa shape index (κ3) is 3.60. The van der Waals surface area contributed by atoms with E-state index in [1.165, 1.54) is 35.2 Å². The minimum Gasteiger partial charge on any atom is -0.497 e. The molecule has 1 unspecified atom stereocenters. The summed E-state index contributed by atoms with van der Waals surface area (Å²) in [6.07, 6.45) is 1.31. The second-order valence-electron chi connectivity index (χ2n) is 7.32. The number of ether oxygens (including phenoxy) is 1. The van der Waals surface area contributed by atoms with Gasteiger partial charge in [-0.1, -0.05) is 23.7 Å². The van der Waals surface area contributed by atoms with E-state index in [9.17, 15) is 14.0 Å². The molecule has 1 fully saturated rings. The van der Waals surface area contributed by atoms with E-state index in [1.54, 1.807) is 45.2 Å². The summed E-state index contributed by atoms with van der Waals surface area (Å²) in [5, 5.41) is 12.1. The highest BCUT2D eigenvalue weighted by Crippen LogP contribution is 2.30. The van der Waals surface area contributed by atoms with Gasteiger partial charge in [-0.15, -0.1) is 5.01 Å². The lowest BCUT2D eigenvalue weighted by Gasteiger charge is -2.21. The Labute approximate surface area is 188 Å². The molecule has 0 aliphatic carbocycles. The number of methoxy groups -OCH3 is 1. The van der Waals surface area contributed by atoms with E-state index in [-0.39, 0.29) is 11.0 Å². The van der Waals surface area contributed by atoms with Crippen LogP contribution in [-0.4, -0.2) is 40.1 Å². The van der Waals surface area contributed by atoms with Crippen molar-refractivity contribution >= 4 is 29.8 Å². The number of carbonyl (C=O) groups is 2. The van der Waals surface area contributed by atoms with Gasteiger partial charge >= 0.3 is 6.03 Å². The Morgan fingerprint density at radius 3 is 2.44 bits per heavy atom. The van der Waals surface area contributed by atoms with Crippen LogP contribution < -0.4 is 10.1 Å². The molecule has 164 valence electrons. The van der Waals surface area contributed by atoms with Gasteiger partial charge in [-0.05, 0) is 55.8 Å². The molecule has 32 heavy (non-hydrogen) atoms. The fraction of sp³-hybridized carbons (Fsp3) is 0.182. The number of rotatable bonds is 5. The number of nitrogens with zero attached hydrogens (tertiary/aromatic N) is 4. The maximum atomic E-state index is 13.2. The molecule has 1 saturated heterocycles. The van der Waals surface area contributed by atoms with Gasteiger partial charge < -0.3 is 10.1 Å². The van der Waals surface area contributed by atoms with E-state index >= 15 is 0 Å². The summed E-state index contributed by atoms with van der Waals surface area (Å²) in [5.41, 5.74) is 0.814. The van der Waals surface area contributed by atoms with Crippen LogP contribution in [0, 0.1) is 12.7 Å². The Kier molecular flexibility index (Phi) is 5.43. The number of hydrazone groups is 1. The van der Waals surface area contributed by atoms with Crippen molar-refractivity contribution in [3.63, 3.8) is 0 Å². The first kappa shape index (κ1) is 21.5. The molecule has 1 aromatic heterocycles. The summed E-state index contributed by atoms with van der Waals surface area (Å²) in [7, 11) is 1.54. The van der Waals surface area contributed by atoms with Crippen LogP contribution in [0.4, 0.5) is 9.18 Å². The van der Waals surface area contributed by atoms with Gasteiger partial charge in [-0.2, -0.15) is 10.2 Å². The highest BCUT2D eigenvalue weighted by Gasteiger charge is 2.49. The molecule has 1 aliphatic heterocycles. The van der Waals surface area contributed by atoms with E-state index in [1.807, 2.05) is 0 Å². The van der Waals surface area contributed by atoms with Crippen LogP contribution >= 0.6 is 11.6 Å². The quantitative estimate of drug-likeness (QED) is 0.468. The number of imide groups is 1. The Morgan fingerprint density at radius 1 is 1.16 bits per heavy atom. The first-order valence-corrected chi connectivity index (χ1v) is 9.98. The molecule has 0 bridgehead atoms. The van der Waals surface area contributed by atoms with Crippen molar-refractivity contribution < 1.29 is 18.7 Å². The van der Waals surface area contributed by atoms with Crippen molar-refractivity contribution in [1.82, 2.24) is 20.1 Å². The zero-order chi connectivity index (χ0) is 23.0. The fourth-order valence-corrected chi connectivity index (χ4v) is 3.70. The third-order valence-electron chi connectivity index (χ3n) is 5.26. The highest BCUT2D eigenvalue weighted by molar-refractivity contribution is 6.32. The lowest BCUT2D eigenvalue weighted by Crippen LogP contribution is -2.40. The summed E-state index contributed by atoms with van der Waals surface area (Å²) < 4.78 is 19.8. The molecule has 1 atom stereocenters. The van der Waals surface area contributed by atoms with Crippen molar-refractivity contribution in [3.8, 4) is 11.4 Å². The predicted molar refractivity (Wildman–Crippen MR) is 117 cm³/mol. The number of halogens is 2. The molecule has 10 heteroatoms. The maximum absolute atomic E-state index is 13.2. The Balaban J connectivity index is 1.61. The smallest absolute Gasteiger partial charge is 0.346 e. The number of amides is 3. The van der Waals surface area contributed by atoms with E-state index in [2.05, 4.69) is 15.5 Å². The molecule has 1 aliphatic rings. The lowest BCUT2D eigenvalue weighted by molar-refractivity contribution is -0.131. The van der Waals surface area contributed by atoms with Crippen LogP contribution in [0.2, 0.25) is 5.15 Å². The molecule has 2 heterocycles. The lowest BCUT2D eigenvalue weighted by atomic mass is 9.92. The van der Waals surface area contributed by atoms with Crippen molar-refractivity contribution in [2.45, 2.75) is 19.4 Å². The molecule has 2 aromatic carbocycles. The zero-order valence-corrected chi connectivity index (χ0v) is 18.2. The Hall–Kier alpha value is -3.72. The number of nitrogens with one attached hydrogen (secondary N) is 1. The Bertz CT molecular complexity index is 1220. The van der Waals surface area contributed by atoms with Gasteiger partial charge in [-0.25, -0.2) is 13.9 Å². The van der Waals surface area contributed by atoms with Crippen LogP contribution in [0.15, 0.2) is 53.6 Å². The number of hydrogen-bond acceptors (Lipinski definition) is 5. The fourth-order valence-electron chi connectivity index (χ4n) is 3.38. The summed E-state index contributed by atoms with van der Waals surface area (Å²) in [6.45, 7) is 3.32. The van der Waals surface area contributed by atoms with Gasteiger partial charge in [0.05, 0.1) is 30.3 Å². The molecule has 3 amide bonds. The monoisotopic (exact) mass is 455 g/mol. The minimum atomic E-state index is -1.28. The van der Waals surface area contributed by atoms with Crippen LogP contribution in [-0.2, 0) is 10.3 Å². The number of urea groups is 1. The number of aromatic nitrogens is 2. The largest absolute Gasteiger partial charge is 0.497 e. The van der Waals surface area contributed by atoms with E-state index < -0.39 is 17.5 Å². The van der Waals surface area contributed by atoms with Crippen molar-refractivity contribution in [2.75, 3.05) is 7.11 Å². The SMILES string of the molecule is COc1ccc(C2(C)NC(=O)N(/N=C/c3c(C)nn(-c4ccc(F)cc4)c3Cl)C2=O)cc1. The van der Waals surface area contributed by atoms with Crippen LogP contribution in [0.1, 0.15) is 23.7 Å². The summed E-state index contributed by atoms with van der Waals surface area (Å²) in [6, 6.07) is 11.8. The average Bonchev–Trinajstić information content (AvgIpc) is 3.19. The van der Waals surface area contributed by atoms with Gasteiger partial charge in [0.25, 0.3) is 5.91 Å². The topological polar surface area (TPSA) is 88.8 Å². The number of carbonyl (C=O) groups excluding carboxylic acids is 2. The van der Waals surface area contributed by atoms with Crippen molar-refractivity contribution in [1.29, 1.82) is 0 Å². The first-order valence-electron chi connectivity index (χ1n) is 9.61. The second kappa shape index (κ2) is 8.08. The van der Waals surface area contributed by atoms with Crippen LogP contribution in [0.3, 0.4) is 0 Å². The average molecular weight is 456 g/mol. The minimum absolute atomic E-state index is 0.211. The predicted octanol–water partition coefficient (Wildman–Crippen LogP) is 3.78. The molecule has 0 saturated carbocycles. The first-order chi connectivity index (χ1) is 15.2. The van der Waals surface area contributed by atoms with Crippen molar-refractivity contribution in [3.05, 3.63) is 76.3 Å². The molecule has 0 spiro atoms. The normalized spacial score (nSPS) is 18.5. The molecule has 3 aromatic rings. The third-order valence-corrected chi connectivity index (χ3v) is 5.62. The van der Waals surface area contributed by atoms with Crippen LogP contribution in [0.25, 0.3) is 5.69 Å². The summed E-state index contributed by atoms with van der Waals surface area (Å²) in [5.74, 6) is -0.287. The van der Waals surface area contributed by atoms with Gasteiger partial charge in [-0.3, -0.25) is 4.79 Å². The number of aryl methyl sites for hydroxylation is 1. The van der Waals surface area contributed by atoms with Crippen molar-refractivity contribution in [2.24, 2.45) is 5.10 Å². The molecular formula is C22H19ClFN5O3. The number of hydrogen-bond donors (Lipinski definition) is 1. The second-order valence-corrected chi connectivity index (χ2v) is 7.68. The standard InChI is InChI=1S/C22H19ClFN5O3/c1-13-18(19(23)28(27-13)16-8-6-15(24)7-9-16)12-25-29-20(30)22(2,26-21(29)31)14-4-10-17(32-3)11-5-14/h4-12H,1-3H3,(H,26,31)/b25-12+. The molecule has 0 radical (unpaired) electrons. The summed E-state index contributed by atoms with van der Waals surface area (Å²) in [4.78, 5) is 25.6. The molecule has 4 rings (SSSR count). The Morgan fingerprint density at radius 2 is 1.81 bits per heavy atom. The van der Waals surface area contributed by atoms with Crippen LogP contribution in [0.5, 0.6) is 5.75 Å². The van der Waals surface area contributed by atoms with E-state index in [0.29, 0.717) is 28.3 Å². The molecule has 8 nitrogen and oxygen atoms in total. The zero-order valence-electron chi connectivity index (χ0n) is 17.5. The highest BCUT2D eigenvalue weighted by atomic mass is 35.5. The van der Waals surface area contributed by atoms with Gasteiger partial charge in [0.1, 0.15) is 22.3 Å². The van der Waals surface area contributed by atoms with Gasteiger partial charge in [0.15, 0.2) is 0 Å². The van der Waals surface area contributed by atoms with E-state index in [0.717, 1.165) is 5.01 Å². The maximum Gasteiger partial charge on any atom is 0.346 e.